The monoisotopic (exact) mass is 399 g/mol. The Kier molecular flexibility index (Phi) is 7.90. The number of ketones is 1. The second kappa shape index (κ2) is 10.6. The largest absolute Gasteiger partial charge is 0.497 e. The maximum atomic E-state index is 12.0. The molecule has 0 aromatic heterocycles. The van der Waals surface area contributed by atoms with Crippen molar-refractivity contribution >= 4 is 29.3 Å². The van der Waals surface area contributed by atoms with Gasteiger partial charge in [0.2, 0.25) is 5.91 Å². The summed E-state index contributed by atoms with van der Waals surface area (Å²) >= 11 is 0. The lowest BCUT2D eigenvalue weighted by atomic mass is 10.1. The van der Waals surface area contributed by atoms with Gasteiger partial charge in [0.05, 0.1) is 26.2 Å². The lowest BCUT2D eigenvalue weighted by Gasteiger charge is -2.07. The SMILES string of the molecule is COC(=O)c1ccc(NC(=O)CCC(=O)OCC(=O)c2cccc(OC)c2)cc1. The molecule has 0 bridgehead atoms. The standard InChI is InChI=1S/C21H21NO7/c1-27-17-5-3-4-15(12-17)18(23)13-29-20(25)11-10-19(24)22-16-8-6-14(7-9-16)21(26)28-2/h3-9,12H,10-11,13H2,1-2H3,(H,22,24). The molecule has 0 spiro atoms. The number of carbonyl (C=O) groups is 4. The predicted molar refractivity (Wildman–Crippen MR) is 104 cm³/mol. The molecule has 2 rings (SSSR count). The van der Waals surface area contributed by atoms with Gasteiger partial charge in [0.1, 0.15) is 5.75 Å². The van der Waals surface area contributed by atoms with Crippen LogP contribution in [0.15, 0.2) is 48.5 Å². The number of ether oxygens (including phenoxy) is 3. The number of rotatable bonds is 9. The van der Waals surface area contributed by atoms with Gasteiger partial charge in [-0.1, -0.05) is 12.1 Å². The van der Waals surface area contributed by atoms with E-state index in [-0.39, 0.29) is 18.6 Å². The maximum Gasteiger partial charge on any atom is 0.337 e. The Bertz CT molecular complexity index is 890. The maximum absolute atomic E-state index is 12.0. The molecule has 0 atom stereocenters. The van der Waals surface area contributed by atoms with E-state index in [1.807, 2.05) is 0 Å². The highest BCUT2D eigenvalue weighted by atomic mass is 16.5. The highest BCUT2D eigenvalue weighted by molar-refractivity contribution is 5.98. The van der Waals surface area contributed by atoms with Crippen molar-refractivity contribution in [1.82, 2.24) is 0 Å². The van der Waals surface area contributed by atoms with E-state index in [2.05, 4.69) is 10.1 Å². The molecule has 0 aliphatic rings. The summed E-state index contributed by atoms with van der Waals surface area (Å²) in [5.74, 6) is -1.37. The molecule has 1 amide bonds. The van der Waals surface area contributed by atoms with Crippen LogP contribution < -0.4 is 10.1 Å². The molecule has 0 saturated heterocycles. The molecule has 0 radical (unpaired) electrons. The number of methoxy groups -OCH3 is 2. The second-order valence-corrected chi connectivity index (χ2v) is 5.93. The average molecular weight is 399 g/mol. The molecule has 2 aromatic carbocycles. The molecule has 0 unspecified atom stereocenters. The Morgan fingerprint density at radius 1 is 0.897 bits per heavy atom. The van der Waals surface area contributed by atoms with Crippen molar-refractivity contribution in [2.24, 2.45) is 0 Å². The summed E-state index contributed by atoms with van der Waals surface area (Å²) in [6, 6.07) is 12.6. The molecule has 8 heteroatoms. The number of anilines is 1. The molecule has 0 fully saturated rings. The zero-order chi connectivity index (χ0) is 21.2. The van der Waals surface area contributed by atoms with Crippen molar-refractivity contribution in [2.45, 2.75) is 12.8 Å². The number of nitrogens with one attached hydrogen (secondary N) is 1. The van der Waals surface area contributed by atoms with Gasteiger partial charge in [0, 0.05) is 17.7 Å². The highest BCUT2D eigenvalue weighted by Gasteiger charge is 2.13. The summed E-state index contributed by atoms with van der Waals surface area (Å²) in [6.07, 6.45) is -0.275. The second-order valence-electron chi connectivity index (χ2n) is 5.93. The van der Waals surface area contributed by atoms with Crippen LogP contribution in [0, 0.1) is 0 Å². The van der Waals surface area contributed by atoms with Crippen molar-refractivity contribution in [2.75, 3.05) is 26.1 Å². The zero-order valence-electron chi connectivity index (χ0n) is 16.1. The summed E-state index contributed by atoms with van der Waals surface area (Å²) in [7, 11) is 2.77. The first kappa shape index (κ1) is 21.6. The van der Waals surface area contributed by atoms with Crippen molar-refractivity contribution in [3.63, 3.8) is 0 Å². The summed E-state index contributed by atoms with van der Waals surface area (Å²) < 4.78 is 14.6. The normalized spacial score (nSPS) is 10.0. The van der Waals surface area contributed by atoms with E-state index in [9.17, 15) is 19.2 Å². The molecular weight excluding hydrogens is 378 g/mol. The van der Waals surface area contributed by atoms with Gasteiger partial charge in [0.25, 0.3) is 0 Å². The van der Waals surface area contributed by atoms with Crippen LogP contribution in [0.25, 0.3) is 0 Å². The fourth-order valence-electron chi connectivity index (χ4n) is 2.34. The van der Waals surface area contributed by atoms with E-state index in [1.165, 1.54) is 26.4 Å². The minimum absolute atomic E-state index is 0.106. The molecule has 1 N–H and O–H groups in total. The summed E-state index contributed by atoms with van der Waals surface area (Å²) in [4.78, 5) is 47.1. The molecule has 152 valence electrons. The number of hydrogen-bond donors (Lipinski definition) is 1. The quantitative estimate of drug-likeness (QED) is 0.510. The van der Waals surface area contributed by atoms with Gasteiger partial charge in [-0.05, 0) is 36.4 Å². The Balaban J connectivity index is 1.74. The van der Waals surface area contributed by atoms with Crippen LogP contribution in [0.2, 0.25) is 0 Å². The summed E-state index contributed by atoms with van der Waals surface area (Å²) in [6.45, 7) is -0.414. The van der Waals surface area contributed by atoms with Gasteiger partial charge in [-0.15, -0.1) is 0 Å². The van der Waals surface area contributed by atoms with Crippen molar-refractivity contribution in [1.29, 1.82) is 0 Å². The Labute approximate surface area is 167 Å². The van der Waals surface area contributed by atoms with Gasteiger partial charge in [-0.25, -0.2) is 4.79 Å². The summed E-state index contributed by atoms with van der Waals surface area (Å²) in [5, 5.41) is 2.61. The van der Waals surface area contributed by atoms with Crippen LogP contribution in [-0.2, 0) is 19.1 Å². The number of Topliss-reactive ketones (excluding diaryl/α,β-unsaturated/α-hetero) is 1. The first-order chi connectivity index (χ1) is 13.9. The minimum atomic E-state index is -0.655. The molecule has 2 aromatic rings. The molecular formula is C21H21NO7. The van der Waals surface area contributed by atoms with Gasteiger partial charge < -0.3 is 19.5 Å². The minimum Gasteiger partial charge on any atom is -0.497 e. The molecule has 0 saturated carbocycles. The Morgan fingerprint density at radius 3 is 2.28 bits per heavy atom. The summed E-state index contributed by atoms with van der Waals surface area (Å²) in [5.41, 5.74) is 1.20. The van der Waals surface area contributed by atoms with E-state index in [0.29, 0.717) is 22.6 Å². The van der Waals surface area contributed by atoms with Crippen LogP contribution >= 0.6 is 0 Å². The number of carbonyl (C=O) groups excluding carboxylic acids is 4. The Hall–Kier alpha value is -3.68. The van der Waals surface area contributed by atoms with Crippen LogP contribution in [0.1, 0.15) is 33.6 Å². The van der Waals surface area contributed by atoms with Gasteiger partial charge >= 0.3 is 11.9 Å². The van der Waals surface area contributed by atoms with Crippen LogP contribution in [0.5, 0.6) is 5.75 Å². The molecule has 0 aliphatic heterocycles. The van der Waals surface area contributed by atoms with Crippen LogP contribution in [0.4, 0.5) is 5.69 Å². The fourth-order valence-corrected chi connectivity index (χ4v) is 2.34. The lowest BCUT2D eigenvalue weighted by Crippen LogP contribution is -2.17. The predicted octanol–water partition coefficient (Wildman–Crippen LogP) is 2.63. The lowest BCUT2D eigenvalue weighted by molar-refractivity contribution is -0.143. The molecule has 29 heavy (non-hydrogen) atoms. The number of amides is 1. The van der Waals surface area contributed by atoms with E-state index >= 15 is 0 Å². The third-order valence-electron chi connectivity index (χ3n) is 3.90. The molecule has 0 aliphatic carbocycles. The van der Waals surface area contributed by atoms with Gasteiger partial charge in [-0.3, -0.25) is 14.4 Å². The third kappa shape index (κ3) is 6.76. The smallest absolute Gasteiger partial charge is 0.337 e. The molecule has 8 nitrogen and oxygen atoms in total. The average Bonchev–Trinajstić information content (AvgIpc) is 2.76. The first-order valence-electron chi connectivity index (χ1n) is 8.74. The van der Waals surface area contributed by atoms with Crippen molar-refractivity contribution in [3.8, 4) is 5.75 Å². The van der Waals surface area contributed by atoms with E-state index < -0.39 is 24.5 Å². The highest BCUT2D eigenvalue weighted by Crippen LogP contribution is 2.14. The van der Waals surface area contributed by atoms with Crippen LogP contribution in [0.3, 0.4) is 0 Å². The van der Waals surface area contributed by atoms with Gasteiger partial charge in [0.15, 0.2) is 12.4 Å². The number of esters is 2. The van der Waals surface area contributed by atoms with E-state index in [0.717, 1.165) is 0 Å². The number of benzene rings is 2. The Morgan fingerprint density at radius 2 is 1.62 bits per heavy atom. The number of hydrogen-bond acceptors (Lipinski definition) is 7. The fraction of sp³-hybridized carbons (Fsp3) is 0.238. The molecule has 0 heterocycles. The zero-order valence-corrected chi connectivity index (χ0v) is 16.1. The third-order valence-corrected chi connectivity index (χ3v) is 3.90. The topological polar surface area (TPSA) is 108 Å². The van der Waals surface area contributed by atoms with E-state index in [4.69, 9.17) is 9.47 Å². The van der Waals surface area contributed by atoms with E-state index in [1.54, 1.807) is 36.4 Å². The van der Waals surface area contributed by atoms with Crippen molar-refractivity contribution in [3.05, 3.63) is 59.7 Å². The van der Waals surface area contributed by atoms with Crippen molar-refractivity contribution < 1.29 is 33.4 Å². The van der Waals surface area contributed by atoms with Gasteiger partial charge in [-0.2, -0.15) is 0 Å². The first-order valence-corrected chi connectivity index (χ1v) is 8.74. The van der Waals surface area contributed by atoms with Crippen LogP contribution in [-0.4, -0.2) is 44.5 Å².